The summed E-state index contributed by atoms with van der Waals surface area (Å²) in [6.07, 6.45) is 2.47. The molecule has 0 aliphatic carbocycles. The Morgan fingerprint density at radius 3 is 2.92 bits per heavy atom. The second-order valence-electron chi connectivity index (χ2n) is 7.09. The smallest absolute Gasteiger partial charge is 0.237 e. The minimum atomic E-state index is -0.653. The Hall–Kier alpha value is -2.70. The molecule has 0 saturated carbocycles. The first-order valence-corrected chi connectivity index (χ1v) is 9.06. The van der Waals surface area contributed by atoms with Gasteiger partial charge in [-0.3, -0.25) is 9.59 Å². The Bertz CT molecular complexity index is 862. The molecule has 0 unspecified atom stereocenters. The van der Waals surface area contributed by atoms with Gasteiger partial charge in [-0.05, 0) is 31.4 Å². The van der Waals surface area contributed by atoms with Gasteiger partial charge >= 0.3 is 0 Å². The third-order valence-electron chi connectivity index (χ3n) is 5.70. The highest BCUT2D eigenvalue weighted by molar-refractivity contribution is 6.07. The molecule has 0 bridgehead atoms. The maximum absolute atomic E-state index is 13.0. The lowest BCUT2D eigenvalue weighted by molar-refractivity contribution is -0.132. The number of para-hydroxylation sites is 1. The summed E-state index contributed by atoms with van der Waals surface area (Å²) < 4.78 is 4.71. The summed E-state index contributed by atoms with van der Waals surface area (Å²) in [7, 11) is 0. The highest BCUT2D eigenvalue weighted by Crippen LogP contribution is 2.49. The zero-order valence-electron chi connectivity index (χ0n) is 15.0. The highest BCUT2D eigenvalue weighted by Gasteiger charge is 2.58. The number of anilines is 1. The average Bonchev–Trinajstić information content (AvgIpc) is 3.28. The van der Waals surface area contributed by atoms with Crippen LogP contribution in [0.5, 0.6) is 0 Å². The van der Waals surface area contributed by atoms with Gasteiger partial charge in [0.15, 0.2) is 0 Å². The normalized spacial score (nSPS) is 24.2. The molecule has 1 fully saturated rings. The molecule has 0 radical (unpaired) electrons. The maximum Gasteiger partial charge on any atom is 0.237 e. The van der Waals surface area contributed by atoms with Crippen LogP contribution in [-0.2, 0) is 21.4 Å². The Kier molecular flexibility index (Phi) is 4.01. The van der Waals surface area contributed by atoms with Crippen molar-refractivity contribution in [1.82, 2.24) is 15.2 Å². The van der Waals surface area contributed by atoms with Gasteiger partial charge in [0, 0.05) is 12.2 Å². The number of hydrogen-bond acceptors (Lipinski definition) is 5. The molecule has 1 aromatic heterocycles. The summed E-state index contributed by atoms with van der Waals surface area (Å²) in [5.41, 5.74) is 2.41. The molecule has 1 saturated heterocycles. The second kappa shape index (κ2) is 6.23. The Balaban J connectivity index is 1.68. The Morgan fingerprint density at radius 1 is 1.38 bits per heavy atom. The number of amides is 2. The average molecular weight is 354 g/mol. The van der Waals surface area contributed by atoms with E-state index in [0.717, 1.165) is 24.1 Å². The van der Waals surface area contributed by atoms with Gasteiger partial charge in [0.1, 0.15) is 11.4 Å². The molecular weight excluding hydrogens is 332 g/mol. The molecular formula is C19H22N4O3. The number of carbonyl (C=O) groups is 2. The number of nitrogens with one attached hydrogen (secondary N) is 1. The molecule has 26 heavy (non-hydrogen) atoms. The van der Waals surface area contributed by atoms with Gasteiger partial charge in [-0.1, -0.05) is 41.9 Å². The quantitative estimate of drug-likeness (QED) is 0.909. The second-order valence-corrected chi connectivity index (χ2v) is 7.09. The van der Waals surface area contributed by atoms with Crippen molar-refractivity contribution in [3.63, 3.8) is 0 Å². The van der Waals surface area contributed by atoms with Gasteiger partial charge in [-0.15, -0.1) is 0 Å². The molecule has 1 N–H and O–H groups in total. The van der Waals surface area contributed by atoms with E-state index in [1.807, 2.05) is 29.2 Å². The van der Waals surface area contributed by atoms with Crippen LogP contribution in [0, 0.1) is 6.92 Å². The first-order valence-electron chi connectivity index (χ1n) is 9.06. The Labute approximate surface area is 151 Å². The first kappa shape index (κ1) is 16.8. The molecule has 2 aliphatic rings. The van der Waals surface area contributed by atoms with Crippen LogP contribution in [0.3, 0.4) is 0 Å². The monoisotopic (exact) mass is 354 g/mol. The first-order chi connectivity index (χ1) is 12.6. The highest BCUT2D eigenvalue weighted by atomic mass is 16.6. The van der Waals surface area contributed by atoms with Crippen LogP contribution < -0.4 is 5.32 Å². The number of likely N-dealkylation sites (tertiary alicyclic amines) is 1. The zero-order valence-corrected chi connectivity index (χ0v) is 15.0. The fraction of sp³-hybridized carbons (Fsp3) is 0.474. The molecule has 3 heterocycles. The largest absolute Gasteiger partial charge is 0.338 e. The van der Waals surface area contributed by atoms with Gasteiger partial charge in [-0.2, -0.15) is 0 Å². The number of hydrogen-bond donors (Lipinski definition) is 1. The van der Waals surface area contributed by atoms with Crippen molar-refractivity contribution >= 4 is 17.5 Å². The summed E-state index contributed by atoms with van der Waals surface area (Å²) in [4.78, 5) is 27.8. The lowest BCUT2D eigenvalue weighted by Gasteiger charge is -2.34. The molecule has 1 spiro atoms. The van der Waals surface area contributed by atoms with Crippen LogP contribution in [0.2, 0.25) is 0 Å². The summed E-state index contributed by atoms with van der Waals surface area (Å²) in [6.45, 7) is 4.42. The minimum absolute atomic E-state index is 0.00623. The fourth-order valence-electron chi connectivity index (χ4n) is 4.43. The van der Waals surface area contributed by atoms with E-state index in [2.05, 4.69) is 22.6 Å². The van der Waals surface area contributed by atoms with Crippen molar-refractivity contribution in [2.75, 3.05) is 11.9 Å². The van der Waals surface area contributed by atoms with Crippen molar-refractivity contribution < 1.29 is 14.2 Å². The topological polar surface area (TPSA) is 88.3 Å². The van der Waals surface area contributed by atoms with E-state index < -0.39 is 5.41 Å². The molecule has 7 nitrogen and oxygen atoms in total. The van der Waals surface area contributed by atoms with E-state index in [-0.39, 0.29) is 24.3 Å². The van der Waals surface area contributed by atoms with E-state index >= 15 is 0 Å². The molecule has 2 aliphatic heterocycles. The number of nitrogens with zero attached hydrogens (tertiary/aromatic N) is 3. The van der Waals surface area contributed by atoms with Crippen LogP contribution in [0.1, 0.15) is 43.1 Å². The van der Waals surface area contributed by atoms with Crippen molar-refractivity contribution in [2.24, 2.45) is 0 Å². The fourth-order valence-corrected chi connectivity index (χ4v) is 4.43. The van der Waals surface area contributed by atoms with Crippen LogP contribution in [-0.4, -0.2) is 39.6 Å². The van der Waals surface area contributed by atoms with E-state index in [1.54, 1.807) is 6.92 Å². The molecule has 2 amide bonds. The number of rotatable bonds is 4. The summed E-state index contributed by atoms with van der Waals surface area (Å²) in [5, 5.41) is 10.6. The third-order valence-corrected chi connectivity index (χ3v) is 5.70. The van der Waals surface area contributed by atoms with Crippen LogP contribution >= 0.6 is 0 Å². The Morgan fingerprint density at radius 2 is 2.19 bits per heavy atom. The van der Waals surface area contributed by atoms with Crippen molar-refractivity contribution in [3.8, 4) is 0 Å². The number of benzene rings is 1. The third kappa shape index (κ3) is 2.34. The van der Waals surface area contributed by atoms with E-state index in [0.29, 0.717) is 24.4 Å². The van der Waals surface area contributed by atoms with Gasteiger partial charge in [0.2, 0.25) is 11.8 Å². The van der Waals surface area contributed by atoms with Crippen molar-refractivity contribution in [3.05, 3.63) is 41.2 Å². The predicted octanol–water partition coefficient (Wildman–Crippen LogP) is 2.21. The summed E-state index contributed by atoms with van der Waals surface area (Å²) in [6, 6.07) is 7.67. The van der Waals surface area contributed by atoms with E-state index in [9.17, 15) is 9.59 Å². The van der Waals surface area contributed by atoms with Crippen LogP contribution in [0.25, 0.3) is 0 Å². The van der Waals surface area contributed by atoms with Gasteiger partial charge in [-0.25, -0.2) is 4.63 Å². The summed E-state index contributed by atoms with van der Waals surface area (Å²) in [5.74, 6) is -0.0250. The zero-order chi connectivity index (χ0) is 18.3. The lowest BCUT2D eigenvalue weighted by Crippen LogP contribution is -2.49. The summed E-state index contributed by atoms with van der Waals surface area (Å²) >= 11 is 0. The van der Waals surface area contributed by atoms with E-state index in [4.69, 9.17) is 4.63 Å². The molecule has 7 heteroatoms. The van der Waals surface area contributed by atoms with Crippen molar-refractivity contribution in [1.29, 1.82) is 0 Å². The molecule has 1 aromatic carbocycles. The van der Waals surface area contributed by atoms with E-state index in [1.165, 1.54) is 0 Å². The van der Waals surface area contributed by atoms with Crippen LogP contribution in [0.15, 0.2) is 28.9 Å². The number of carbonyl (C=O) groups excluding carboxylic acids is 2. The predicted molar refractivity (Wildman–Crippen MR) is 94.5 cm³/mol. The number of aromatic nitrogens is 2. The lowest BCUT2D eigenvalue weighted by atomic mass is 9.73. The molecule has 2 aromatic rings. The SMILES string of the molecule is CCC[C@@H]1N(C(=O)Cc2nonc2C)CC[C@]12C(=O)Nc1ccccc12. The standard InChI is InChI=1S/C19H22N4O3/c1-3-6-16-19(13-7-4-5-8-14(13)20-18(19)25)9-10-23(16)17(24)11-15-12(2)21-26-22-15/h4-5,7-8,16H,3,6,9-11H2,1-2H3,(H,20,25)/t16-,19+/m0/s1. The molecule has 2 atom stereocenters. The minimum Gasteiger partial charge on any atom is -0.338 e. The molecule has 4 rings (SSSR count). The number of fused-ring (bicyclic) bond motifs is 2. The van der Waals surface area contributed by atoms with Crippen LogP contribution in [0.4, 0.5) is 5.69 Å². The van der Waals surface area contributed by atoms with Gasteiger partial charge < -0.3 is 10.2 Å². The number of aryl methyl sites for hydroxylation is 1. The maximum atomic E-state index is 13.0. The van der Waals surface area contributed by atoms with Gasteiger partial charge in [0.05, 0.1) is 17.9 Å². The molecule has 136 valence electrons. The van der Waals surface area contributed by atoms with Crippen molar-refractivity contribution in [2.45, 2.75) is 51.0 Å². The van der Waals surface area contributed by atoms with Gasteiger partial charge in [0.25, 0.3) is 0 Å².